The standard InChI is InChI=1S/C18H17ClFNO3/c1-22-12-23-10-14(13-5-7-15(19)8-6-13)11-24-18-4-2-3-17(20)16(18)9-21/h2-8,14H,10-12H2,1H3. The number of nitriles is 1. The van der Waals surface area contributed by atoms with Crippen molar-refractivity contribution in [3.05, 3.63) is 64.4 Å². The second kappa shape index (κ2) is 9.24. The second-order valence-corrected chi connectivity index (χ2v) is 5.50. The summed E-state index contributed by atoms with van der Waals surface area (Å²) in [6.45, 7) is 0.740. The van der Waals surface area contributed by atoms with Gasteiger partial charge < -0.3 is 14.2 Å². The third kappa shape index (κ3) is 4.93. The molecule has 2 aromatic carbocycles. The van der Waals surface area contributed by atoms with Crippen LogP contribution in [0.25, 0.3) is 0 Å². The van der Waals surface area contributed by atoms with Gasteiger partial charge in [-0.05, 0) is 29.8 Å². The molecule has 24 heavy (non-hydrogen) atoms. The van der Waals surface area contributed by atoms with Gasteiger partial charge in [-0.15, -0.1) is 0 Å². The zero-order valence-electron chi connectivity index (χ0n) is 13.2. The summed E-state index contributed by atoms with van der Waals surface area (Å²) in [5.41, 5.74) is 0.857. The van der Waals surface area contributed by atoms with E-state index in [4.69, 9.17) is 31.1 Å². The molecule has 6 heteroatoms. The van der Waals surface area contributed by atoms with Gasteiger partial charge in [0.05, 0.1) is 13.2 Å². The highest BCUT2D eigenvalue weighted by Gasteiger charge is 2.16. The van der Waals surface area contributed by atoms with E-state index in [1.807, 2.05) is 18.2 Å². The predicted octanol–water partition coefficient (Wildman–Crippen LogP) is 4.13. The molecule has 0 aliphatic carbocycles. The van der Waals surface area contributed by atoms with Crippen LogP contribution in [0.5, 0.6) is 5.75 Å². The quantitative estimate of drug-likeness (QED) is 0.531. The Hall–Kier alpha value is -2.13. The van der Waals surface area contributed by atoms with Crippen LogP contribution < -0.4 is 4.74 Å². The van der Waals surface area contributed by atoms with Crippen molar-refractivity contribution in [1.82, 2.24) is 0 Å². The Balaban J connectivity index is 2.12. The largest absolute Gasteiger partial charge is 0.491 e. The number of hydrogen-bond acceptors (Lipinski definition) is 4. The molecular weight excluding hydrogens is 333 g/mol. The predicted molar refractivity (Wildman–Crippen MR) is 88.6 cm³/mol. The molecule has 2 rings (SSSR count). The SMILES string of the molecule is COCOCC(COc1cccc(F)c1C#N)c1ccc(Cl)cc1. The van der Waals surface area contributed by atoms with Crippen molar-refractivity contribution in [1.29, 1.82) is 5.26 Å². The van der Waals surface area contributed by atoms with Crippen molar-refractivity contribution in [2.45, 2.75) is 5.92 Å². The van der Waals surface area contributed by atoms with Crippen LogP contribution in [0.1, 0.15) is 17.0 Å². The number of rotatable bonds is 8. The summed E-state index contributed by atoms with van der Waals surface area (Å²) in [4.78, 5) is 0. The van der Waals surface area contributed by atoms with Crippen LogP contribution in [0.3, 0.4) is 0 Å². The summed E-state index contributed by atoms with van der Waals surface area (Å²) in [5, 5.41) is 9.69. The Kier molecular flexibility index (Phi) is 7.01. The zero-order chi connectivity index (χ0) is 17.4. The van der Waals surface area contributed by atoms with Gasteiger partial charge in [0.15, 0.2) is 0 Å². The summed E-state index contributed by atoms with van der Waals surface area (Å²) < 4.78 is 29.6. The van der Waals surface area contributed by atoms with Crippen LogP contribution in [0.4, 0.5) is 4.39 Å². The maximum Gasteiger partial charge on any atom is 0.146 e. The average molecular weight is 350 g/mol. The monoisotopic (exact) mass is 349 g/mol. The summed E-state index contributed by atoms with van der Waals surface area (Å²) in [7, 11) is 1.54. The fraction of sp³-hybridized carbons (Fsp3) is 0.278. The molecule has 1 atom stereocenters. The molecule has 4 nitrogen and oxygen atoms in total. The third-order valence-electron chi connectivity index (χ3n) is 3.39. The number of halogens is 2. The molecule has 0 fully saturated rings. The van der Waals surface area contributed by atoms with Crippen LogP contribution in [-0.4, -0.2) is 27.1 Å². The fourth-order valence-corrected chi connectivity index (χ4v) is 2.30. The smallest absolute Gasteiger partial charge is 0.146 e. The summed E-state index contributed by atoms with van der Waals surface area (Å²) in [6, 6.07) is 13.4. The minimum absolute atomic E-state index is 0.106. The van der Waals surface area contributed by atoms with E-state index in [1.54, 1.807) is 25.3 Å². The first kappa shape index (κ1) is 18.2. The Morgan fingerprint density at radius 1 is 1.17 bits per heavy atom. The van der Waals surface area contributed by atoms with Gasteiger partial charge in [0.1, 0.15) is 30.0 Å². The molecule has 126 valence electrons. The van der Waals surface area contributed by atoms with Gasteiger partial charge in [0.2, 0.25) is 0 Å². The normalized spacial score (nSPS) is 11.8. The van der Waals surface area contributed by atoms with E-state index in [0.717, 1.165) is 5.56 Å². The first-order valence-electron chi connectivity index (χ1n) is 7.29. The Morgan fingerprint density at radius 2 is 1.92 bits per heavy atom. The van der Waals surface area contributed by atoms with Crippen LogP contribution >= 0.6 is 11.6 Å². The molecule has 0 N–H and O–H groups in total. The van der Waals surface area contributed by atoms with Gasteiger partial charge in [0.25, 0.3) is 0 Å². The zero-order valence-corrected chi connectivity index (χ0v) is 13.9. The van der Waals surface area contributed by atoms with E-state index in [1.165, 1.54) is 12.1 Å². The first-order chi connectivity index (χ1) is 11.7. The van der Waals surface area contributed by atoms with Crippen molar-refractivity contribution in [3.8, 4) is 11.8 Å². The van der Waals surface area contributed by atoms with Gasteiger partial charge in [-0.2, -0.15) is 5.26 Å². The number of benzene rings is 2. The van der Waals surface area contributed by atoms with E-state index < -0.39 is 5.82 Å². The van der Waals surface area contributed by atoms with Crippen molar-refractivity contribution in [2.75, 3.05) is 27.1 Å². The van der Waals surface area contributed by atoms with Crippen molar-refractivity contribution in [2.24, 2.45) is 0 Å². The molecule has 0 bridgehead atoms. The molecule has 0 spiro atoms. The van der Waals surface area contributed by atoms with Crippen LogP contribution in [0, 0.1) is 17.1 Å². The summed E-state index contributed by atoms with van der Waals surface area (Å²) in [5.74, 6) is -0.510. The minimum Gasteiger partial charge on any atom is -0.491 e. The van der Waals surface area contributed by atoms with Crippen molar-refractivity contribution in [3.63, 3.8) is 0 Å². The molecule has 1 unspecified atom stereocenters. The van der Waals surface area contributed by atoms with Gasteiger partial charge in [-0.1, -0.05) is 29.8 Å². The van der Waals surface area contributed by atoms with E-state index >= 15 is 0 Å². The van der Waals surface area contributed by atoms with Gasteiger partial charge in [-0.3, -0.25) is 0 Å². The molecule has 0 heterocycles. The third-order valence-corrected chi connectivity index (χ3v) is 3.64. The Labute approximate surface area is 145 Å². The molecule has 0 saturated heterocycles. The number of methoxy groups -OCH3 is 1. The summed E-state index contributed by atoms with van der Waals surface area (Å²) in [6.07, 6.45) is 0. The molecule has 0 aliphatic rings. The molecule has 2 aromatic rings. The maximum atomic E-state index is 13.6. The number of ether oxygens (including phenoxy) is 3. The van der Waals surface area contributed by atoms with E-state index in [0.29, 0.717) is 11.6 Å². The lowest BCUT2D eigenvalue weighted by Crippen LogP contribution is -2.17. The number of nitrogens with zero attached hydrogens (tertiary/aromatic N) is 1. The molecule has 0 amide bonds. The van der Waals surface area contributed by atoms with Gasteiger partial charge >= 0.3 is 0 Å². The lowest BCUT2D eigenvalue weighted by atomic mass is 10.0. The molecule has 0 radical (unpaired) electrons. The lowest BCUT2D eigenvalue weighted by Gasteiger charge is -2.19. The van der Waals surface area contributed by atoms with E-state index in [9.17, 15) is 4.39 Å². The van der Waals surface area contributed by atoms with Gasteiger partial charge in [-0.25, -0.2) is 4.39 Å². The first-order valence-corrected chi connectivity index (χ1v) is 7.67. The summed E-state index contributed by atoms with van der Waals surface area (Å²) >= 11 is 5.91. The maximum absolute atomic E-state index is 13.6. The van der Waals surface area contributed by atoms with Crippen LogP contribution in [0.2, 0.25) is 5.02 Å². The Morgan fingerprint density at radius 3 is 2.58 bits per heavy atom. The van der Waals surface area contributed by atoms with Crippen molar-refractivity contribution < 1.29 is 18.6 Å². The topological polar surface area (TPSA) is 51.5 Å². The highest BCUT2D eigenvalue weighted by atomic mass is 35.5. The highest BCUT2D eigenvalue weighted by molar-refractivity contribution is 6.30. The molecule has 0 aliphatic heterocycles. The van der Waals surface area contributed by atoms with Gasteiger partial charge in [0, 0.05) is 18.1 Å². The minimum atomic E-state index is -0.603. The van der Waals surface area contributed by atoms with E-state index in [-0.39, 0.29) is 30.6 Å². The average Bonchev–Trinajstić information content (AvgIpc) is 2.59. The molecule has 0 saturated carbocycles. The molecular formula is C18H17ClFNO3. The van der Waals surface area contributed by atoms with E-state index in [2.05, 4.69) is 0 Å². The number of hydrogen-bond donors (Lipinski definition) is 0. The second-order valence-electron chi connectivity index (χ2n) is 5.06. The van der Waals surface area contributed by atoms with Crippen molar-refractivity contribution >= 4 is 11.6 Å². The molecule has 0 aromatic heterocycles. The highest BCUT2D eigenvalue weighted by Crippen LogP contribution is 2.24. The fourth-order valence-electron chi connectivity index (χ4n) is 2.17. The Bertz CT molecular complexity index is 700. The van der Waals surface area contributed by atoms with Crippen LogP contribution in [-0.2, 0) is 9.47 Å². The lowest BCUT2D eigenvalue weighted by molar-refractivity contribution is -0.0387. The van der Waals surface area contributed by atoms with Crippen LogP contribution in [0.15, 0.2) is 42.5 Å².